The Bertz CT molecular complexity index is 557. The average molecular weight is 303 g/mol. The molecule has 0 aromatic heterocycles. The van der Waals surface area contributed by atoms with Crippen LogP contribution in [0.4, 0.5) is 4.79 Å². The van der Waals surface area contributed by atoms with E-state index in [2.05, 4.69) is 0 Å². The van der Waals surface area contributed by atoms with Crippen molar-refractivity contribution < 1.29 is 14.3 Å². The molecule has 1 fully saturated rings. The van der Waals surface area contributed by atoms with Crippen molar-refractivity contribution in [2.75, 3.05) is 0 Å². The summed E-state index contributed by atoms with van der Waals surface area (Å²) in [5.74, 6) is -0.163. The molecule has 0 radical (unpaired) electrons. The minimum absolute atomic E-state index is 0.163. The highest BCUT2D eigenvalue weighted by Crippen LogP contribution is 2.33. The molecule has 1 aromatic rings. The van der Waals surface area contributed by atoms with E-state index >= 15 is 0 Å². The minimum atomic E-state index is -0.680. The molecule has 120 valence electrons. The molecule has 22 heavy (non-hydrogen) atoms. The number of nitrogens with zero attached hydrogens (tertiary/aromatic N) is 1. The number of ether oxygens (including phenoxy) is 1. The smallest absolute Gasteiger partial charge is 0.417 e. The van der Waals surface area contributed by atoms with Gasteiger partial charge in [-0.05, 0) is 31.2 Å². The lowest BCUT2D eigenvalue weighted by Gasteiger charge is -2.29. The van der Waals surface area contributed by atoms with Gasteiger partial charge in [0, 0.05) is 6.42 Å². The zero-order chi connectivity index (χ0) is 16.5. The summed E-state index contributed by atoms with van der Waals surface area (Å²) in [5, 5.41) is 0. The maximum absolute atomic E-state index is 12.6. The van der Waals surface area contributed by atoms with Crippen LogP contribution in [0.2, 0.25) is 0 Å². The third kappa shape index (κ3) is 3.67. The standard InChI is InChI=1S/C18H25NO3/c1-17(2,3)12-15(20)19-14(18(4,5)22-16(19)21)11-13-9-7-6-8-10-13/h6-10,14H,11-12H2,1-5H3/t14-/m0/s1. The molecule has 4 heteroatoms. The molecule has 0 aliphatic carbocycles. The van der Waals surface area contributed by atoms with E-state index in [1.807, 2.05) is 65.0 Å². The number of amides is 2. The number of carbonyl (C=O) groups excluding carboxylic acids is 2. The predicted octanol–water partition coefficient (Wildman–Crippen LogP) is 3.79. The molecule has 0 spiro atoms. The van der Waals surface area contributed by atoms with Gasteiger partial charge in [0.05, 0.1) is 6.04 Å². The fraction of sp³-hybridized carbons (Fsp3) is 0.556. The quantitative estimate of drug-likeness (QED) is 0.853. The van der Waals surface area contributed by atoms with Crippen molar-refractivity contribution in [1.29, 1.82) is 0 Å². The van der Waals surface area contributed by atoms with E-state index in [0.717, 1.165) is 5.56 Å². The van der Waals surface area contributed by atoms with Gasteiger partial charge in [0.2, 0.25) is 5.91 Å². The summed E-state index contributed by atoms with van der Waals surface area (Å²) in [5.41, 5.74) is 0.245. The van der Waals surface area contributed by atoms with Gasteiger partial charge in [-0.15, -0.1) is 0 Å². The second-order valence-corrected chi connectivity index (χ2v) is 7.68. The summed E-state index contributed by atoms with van der Waals surface area (Å²) in [6.45, 7) is 9.70. The maximum Gasteiger partial charge on any atom is 0.417 e. The number of rotatable bonds is 3. The lowest BCUT2D eigenvalue weighted by atomic mass is 9.89. The summed E-state index contributed by atoms with van der Waals surface area (Å²) in [6, 6.07) is 9.60. The van der Waals surface area contributed by atoms with Crippen molar-refractivity contribution in [3.05, 3.63) is 35.9 Å². The molecule has 1 aliphatic rings. The summed E-state index contributed by atoms with van der Waals surface area (Å²) in [6.07, 6.45) is 0.402. The second-order valence-electron chi connectivity index (χ2n) is 7.68. The van der Waals surface area contributed by atoms with E-state index in [1.54, 1.807) is 0 Å². The predicted molar refractivity (Wildman–Crippen MR) is 85.4 cm³/mol. The zero-order valence-electron chi connectivity index (χ0n) is 14.1. The zero-order valence-corrected chi connectivity index (χ0v) is 14.1. The van der Waals surface area contributed by atoms with E-state index in [9.17, 15) is 9.59 Å². The van der Waals surface area contributed by atoms with E-state index in [0.29, 0.717) is 12.8 Å². The van der Waals surface area contributed by atoms with Crippen LogP contribution in [-0.4, -0.2) is 28.5 Å². The molecule has 1 heterocycles. The van der Waals surface area contributed by atoms with Crippen molar-refractivity contribution in [3.63, 3.8) is 0 Å². The first kappa shape index (κ1) is 16.5. The Morgan fingerprint density at radius 2 is 1.82 bits per heavy atom. The number of benzene rings is 1. The topological polar surface area (TPSA) is 46.6 Å². The van der Waals surface area contributed by atoms with Crippen LogP contribution in [0.3, 0.4) is 0 Å². The maximum atomic E-state index is 12.6. The highest BCUT2D eigenvalue weighted by molar-refractivity contribution is 5.94. The first-order chi connectivity index (χ1) is 10.1. The third-order valence-corrected chi connectivity index (χ3v) is 3.88. The Kier molecular flexibility index (Phi) is 4.32. The van der Waals surface area contributed by atoms with Crippen LogP contribution >= 0.6 is 0 Å². The summed E-state index contributed by atoms with van der Waals surface area (Å²) in [7, 11) is 0. The fourth-order valence-corrected chi connectivity index (χ4v) is 2.77. The minimum Gasteiger partial charge on any atom is -0.441 e. The molecule has 2 amide bonds. The van der Waals surface area contributed by atoms with Gasteiger partial charge in [0.1, 0.15) is 5.60 Å². The SMILES string of the molecule is CC(C)(C)CC(=O)N1C(=O)OC(C)(C)[C@@H]1Cc1ccccc1. The van der Waals surface area contributed by atoms with Crippen LogP contribution in [-0.2, 0) is 16.0 Å². The molecule has 0 N–H and O–H groups in total. The van der Waals surface area contributed by atoms with Gasteiger partial charge < -0.3 is 4.74 Å². The van der Waals surface area contributed by atoms with Gasteiger partial charge in [-0.3, -0.25) is 4.79 Å². The summed E-state index contributed by atoms with van der Waals surface area (Å²) < 4.78 is 5.45. The molecular weight excluding hydrogens is 278 g/mol. The second kappa shape index (κ2) is 5.75. The highest BCUT2D eigenvalue weighted by Gasteiger charge is 2.50. The summed E-state index contributed by atoms with van der Waals surface area (Å²) >= 11 is 0. The normalized spacial score (nSPS) is 20.9. The lowest BCUT2D eigenvalue weighted by molar-refractivity contribution is -0.131. The lowest BCUT2D eigenvalue weighted by Crippen LogP contribution is -2.46. The molecule has 1 aliphatic heterocycles. The van der Waals surface area contributed by atoms with Crippen molar-refractivity contribution in [2.24, 2.45) is 5.41 Å². The number of hydrogen-bond donors (Lipinski definition) is 0. The van der Waals surface area contributed by atoms with Crippen molar-refractivity contribution in [3.8, 4) is 0 Å². The van der Waals surface area contributed by atoms with Crippen LogP contribution in [0.1, 0.15) is 46.6 Å². The van der Waals surface area contributed by atoms with Gasteiger partial charge in [-0.25, -0.2) is 9.69 Å². The van der Waals surface area contributed by atoms with E-state index in [-0.39, 0.29) is 17.4 Å². The van der Waals surface area contributed by atoms with Gasteiger partial charge in [0.15, 0.2) is 0 Å². The van der Waals surface area contributed by atoms with Gasteiger partial charge in [-0.2, -0.15) is 0 Å². The first-order valence-electron chi connectivity index (χ1n) is 7.69. The first-order valence-corrected chi connectivity index (χ1v) is 7.69. The van der Waals surface area contributed by atoms with Crippen LogP contribution in [0.15, 0.2) is 30.3 Å². The number of carbonyl (C=O) groups is 2. The monoisotopic (exact) mass is 303 g/mol. The van der Waals surface area contributed by atoms with Crippen molar-refractivity contribution in [2.45, 2.75) is 59.1 Å². The number of cyclic esters (lactones) is 1. The Morgan fingerprint density at radius 1 is 1.23 bits per heavy atom. The van der Waals surface area contributed by atoms with Crippen molar-refractivity contribution in [1.82, 2.24) is 4.90 Å². The molecule has 0 bridgehead atoms. The molecule has 2 rings (SSSR count). The molecule has 1 saturated heterocycles. The van der Waals surface area contributed by atoms with Gasteiger partial charge in [0.25, 0.3) is 0 Å². The fourth-order valence-electron chi connectivity index (χ4n) is 2.77. The van der Waals surface area contributed by atoms with Crippen molar-refractivity contribution >= 4 is 12.0 Å². The molecule has 0 unspecified atom stereocenters. The van der Waals surface area contributed by atoms with Crippen LogP contribution in [0.5, 0.6) is 0 Å². The molecular formula is C18H25NO3. The largest absolute Gasteiger partial charge is 0.441 e. The highest BCUT2D eigenvalue weighted by atomic mass is 16.6. The average Bonchev–Trinajstić information content (AvgIpc) is 2.58. The van der Waals surface area contributed by atoms with Crippen LogP contribution in [0.25, 0.3) is 0 Å². The Hall–Kier alpha value is -1.84. The Balaban J connectivity index is 2.25. The Labute approximate surface area is 132 Å². The summed E-state index contributed by atoms with van der Waals surface area (Å²) in [4.78, 5) is 26.1. The third-order valence-electron chi connectivity index (χ3n) is 3.88. The number of imide groups is 1. The van der Waals surface area contributed by atoms with E-state index in [4.69, 9.17) is 4.74 Å². The van der Waals surface area contributed by atoms with Gasteiger partial charge in [-0.1, -0.05) is 51.1 Å². The van der Waals surface area contributed by atoms with E-state index < -0.39 is 11.7 Å². The van der Waals surface area contributed by atoms with Crippen LogP contribution < -0.4 is 0 Å². The Morgan fingerprint density at radius 3 is 2.36 bits per heavy atom. The number of hydrogen-bond acceptors (Lipinski definition) is 3. The van der Waals surface area contributed by atoms with E-state index in [1.165, 1.54) is 4.90 Å². The molecule has 1 aromatic carbocycles. The van der Waals surface area contributed by atoms with Crippen LogP contribution in [0, 0.1) is 5.41 Å². The molecule has 1 atom stereocenters. The molecule has 4 nitrogen and oxygen atoms in total. The molecule has 0 saturated carbocycles. The van der Waals surface area contributed by atoms with Gasteiger partial charge >= 0.3 is 6.09 Å².